The number of hydrogen-bond acceptors (Lipinski definition) is 14. The molecule has 81 heavy (non-hydrogen) atoms. The average Bonchev–Trinajstić information content (AvgIpc) is 4.28. The first-order valence-electron chi connectivity index (χ1n) is 27.1. The van der Waals surface area contributed by atoms with Crippen LogP contribution in [-0.4, -0.2) is 113 Å². The highest BCUT2D eigenvalue weighted by molar-refractivity contribution is 9.10. The van der Waals surface area contributed by atoms with Crippen LogP contribution >= 0.6 is 15.9 Å². The zero-order valence-corrected chi connectivity index (χ0v) is 49.0. The highest BCUT2D eigenvalue weighted by atomic mass is 79.9. The minimum absolute atomic E-state index is 0.111. The second-order valence-corrected chi connectivity index (χ2v) is 23.5. The van der Waals surface area contributed by atoms with Gasteiger partial charge in [0.1, 0.15) is 59.0 Å². The average molecular weight is 1170 g/mol. The number of rotatable bonds is 13. The van der Waals surface area contributed by atoms with E-state index in [4.69, 9.17) is 14.5 Å². The number of carbonyl (C=O) groups excluding carboxylic acids is 4. The molecule has 4 aliphatic rings. The second-order valence-electron chi connectivity index (χ2n) is 22.6. The number of nitrogens with zero attached hydrogens (tertiary/aromatic N) is 15. The van der Waals surface area contributed by atoms with Crippen LogP contribution in [0.5, 0.6) is 0 Å². The van der Waals surface area contributed by atoms with E-state index in [2.05, 4.69) is 72.6 Å². The highest BCUT2D eigenvalue weighted by Crippen LogP contribution is 2.40. The van der Waals surface area contributed by atoms with Crippen molar-refractivity contribution < 1.29 is 28.7 Å². The minimum atomic E-state index is -0.694. The predicted octanol–water partition coefficient (Wildman–Crippen LogP) is 11.4. The van der Waals surface area contributed by atoms with E-state index in [0.29, 0.717) is 77.9 Å². The number of aromatic nitrogens is 8. The number of urea groups is 2. The van der Waals surface area contributed by atoms with Gasteiger partial charge in [-0.2, -0.15) is 10.5 Å². The van der Waals surface area contributed by atoms with Crippen molar-refractivity contribution in [2.45, 2.75) is 130 Å². The lowest BCUT2D eigenvalue weighted by Crippen LogP contribution is -2.44. The standard InChI is InChI=1S/C29H34N8O3.C16H19BrN2O2.C13H16N6O/c1-19(2)36-18-31-33-26(36)23-7-6-8-25(32-23)35-16-15-34(27(35)38)21-11-13-22(14-12-21)37(24(17-30)20-9-10-20)28(39)40-29(3,4)5;1-16(2,3)21-15(20)19(14(10-18)11-4-5-11)13-8-6-12(17)7-9-13;1-9(2)19-8-15-17-12(19)10-4-3-5-11(16-10)18-7-6-14-13(18)20/h6-8,11-14,18-20,24H,9-10,15-16H2,1-5H3;6-9,11,14H,4-5H2,1-3H3;3-5,8-9H,6-7H2,1-2H3,(H,14,20). The maximum absolute atomic E-state index is 13.5. The molecule has 0 spiro atoms. The van der Waals surface area contributed by atoms with E-state index in [1.807, 2.05) is 104 Å². The second kappa shape index (κ2) is 24.9. The summed E-state index contributed by atoms with van der Waals surface area (Å²) in [5, 5.41) is 38.4. The van der Waals surface area contributed by atoms with Gasteiger partial charge >= 0.3 is 24.2 Å². The molecule has 10 rings (SSSR count). The van der Waals surface area contributed by atoms with Crippen molar-refractivity contribution in [3.05, 3.63) is 102 Å². The highest BCUT2D eigenvalue weighted by Gasteiger charge is 2.42. The maximum Gasteiger partial charge on any atom is 0.415 e. The van der Waals surface area contributed by atoms with E-state index in [9.17, 15) is 29.7 Å². The lowest BCUT2D eigenvalue weighted by molar-refractivity contribution is 0.0558. The van der Waals surface area contributed by atoms with Crippen molar-refractivity contribution in [3.8, 4) is 35.2 Å². The summed E-state index contributed by atoms with van der Waals surface area (Å²) in [6.07, 6.45) is 6.11. The summed E-state index contributed by atoms with van der Waals surface area (Å²) in [4.78, 5) is 67.9. The third kappa shape index (κ3) is 14.5. The first-order valence-corrected chi connectivity index (χ1v) is 27.9. The van der Waals surface area contributed by atoms with Gasteiger partial charge in [0.05, 0.1) is 12.1 Å². The zero-order chi connectivity index (χ0) is 58.3. The van der Waals surface area contributed by atoms with Gasteiger partial charge in [-0.25, -0.2) is 29.1 Å². The summed E-state index contributed by atoms with van der Waals surface area (Å²) in [5.41, 5.74) is 2.01. The van der Waals surface area contributed by atoms with Crippen LogP contribution < -0.4 is 29.8 Å². The SMILES string of the molecule is CC(C)(C)OC(=O)N(c1ccc(Br)cc1)C(C#N)C1CC1.CC(C)n1cnnc1-c1cccc(N2CCN(c3ccc(N(C(=O)OC(C)(C)C)C(C#N)C4CC4)cc3)C2=O)n1.CC(C)n1cnnc1-c1cccc(N2CCNC2=O)n1. The number of benzene rings is 2. The zero-order valence-electron chi connectivity index (χ0n) is 47.4. The number of hydrogen-bond donors (Lipinski definition) is 1. The smallest absolute Gasteiger partial charge is 0.415 e. The molecule has 424 valence electrons. The molecule has 23 heteroatoms. The van der Waals surface area contributed by atoms with Crippen molar-refractivity contribution in [3.63, 3.8) is 0 Å². The number of nitrogens with one attached hydrogen (secondary N) is 1. The summed E-state index contributed by atoms with van der Waals surface area (Å²) in [6, 6.07) is 29.2. The van der Waals surface area contributed by atoms with E-state index in [1.54, 1.807) is 72.4 Å². The van der Waals surface area contributed by atoms with Gasteiger partial charge in [-0.05, 0) is 180 Å². The minimum Gasteiger partial charge on any atom is -0.443 e. The third-order valence-electron chi connectivity index (χ3n) is 13.3. The Morgan fingerprint density at radius 3 is 1.46 bits per heavy atom. The largest absolute Gasteiger partial charge is 0.443 e. The van der Waals surface area contributed by atoms with Crippen LogP contribution in [0.15, 0.2) is 102 Å². The summed E-state index contributed by atoms with van der Waals surface area (Å²) in [7, 11) is 0. The van der Waals surface area contributed by atoms with Gasteiger partial charge in [0.2, 0.25) is 0 Å². The van der Waals surface area contributed by atoms with Crippen molar-refractivity contribution in [1.29, 1.82) is 10.5 Å². The van der Waals surface area contributed by atoms with Crippen molar-refractivity contribution >= 4 is 68.9 Å². The molecule has 22 nitrogen and oxygen atoms in total. The molecule has 6 heterocycles. The lowest BCUT2D eigenvalue weighted by atomic mass is 10.1. The van der Waals surface area contributed by atoms with Crippen LogP contribution in [0, 0.1) is 34.5 Å². The van der Waals surface area contributed by atoms with Gasteiger partial charge in [-0.1, -0.05) is 28.1 Å². The Labute approximate surface area is 480 Å². The van der Waals surface area contributed by atoms with Crippen LogP contribution in [-0.2, 0) is 9.47 Å². The molecular weight excluding hydrogens is 1100 g/mol. The fourth-order valence-electron chi connectivity index (χ4n) is 9.03. The number of ether oxygens (including phenoxy) is 2. The summed E-state index contributed by atoms with van der Waals surface area (Å²) in [6.45, 7) is 21.3. The van der Waals surface area contributed by atoms with Crippen LogP contribution in [0.4, 0.5) is 47.9 Å². The molecule has 2 atom stereocenters. The van der Waals surface area contributed by atoms with Gasteiger partial charge in [-0.3, -0.25) is 24.5 Å². The summed E-state index contributed by atoms with van der Waals surface area (Å²) in [5.74, 6) is 2.90. The molecule has 2 unspecified atom stereocenters. The fourth-order valence-corrected chi connectivity index (χ4v) is 9.30. The Hall–Kier alpha value is -8.44. The molecule has 6 amide bonds. The first-order chi connectivity index (χ1) is 38.5. The van der Waals surface area contributed by atoms with Gasteiger partial charge in [-0.15, -0.1) is 20.4 Å². The molecule has 4 fully saturated rings. The molecular formula is C58H69BrN16O6. The van der Waals surface area contributed by atoms with E-state index < -0.39 is 35.5 Å². The monoisotopic (exact) mass is 1160 g/mol. The normalized spacial score (nSPS) is 15.9. The molecule has 1 N–H and O–H groups in total. The van der Waals surface area contributed by atoms with Gasteiger partial charge in [0, 0.05) is 59.8 Å². The Bertz CT molecular complexity index is 3270. The van der Waals surface area contributed by atoms with Crippen LogP contribution in [0.3, 0.4) is 0 Å². The van der Waals surface area contributed by atoms with Crippen molar-refractivity contribution in [2.75, 3.05) is 50.7 Å². The molecule has 0 radical (unpaired) electrons. The summed E-state index contributed by atoms with van der Waals surface area (Å²) >= 11 is 3.38. The topological polar surface area (TPSA) is 250 Å². The van der Waals surface area contributed by atoms with E-state index >= 15 is 0 Å². The Morgan fingerprint density at radius 2 is 1.06 bits per heavy atom. The number of anilines is 5. The Kier molecular flexibility index (Phi) is 18.1. The number of carbonyl (C=O) groups is 4. The predicted molar refractivity (Wildman–Crippen MR) is 310 cm³/mol. The van der Waals surface area contributed by atoms with E-state index in [1.165, 1.54) is 9.80 Å². The molecule has 6 aromatic rings. The molecule has 4 aromatic heterocycles. The molecule has 2 aliphatic carbocycles. The van der Waals surface area contributed by atoms with Crippen LogP contribution in [0.25, 0.3) is 23.0 Å². The molecule has 2 saturated heterocycles. The number of nitriles is 2. The van der Waals surface area contributed by atoms with Crippen molar-refractivity contribution in [1.82, 2.24) is 44.8 Å². The van der Waals surface area contributed by atoms with E-state index in [-0.39, 0.29) is 36.0 Å². The summed E-state index contributed by atoms with van der Waals surface area (Å²) < 4.78 is 15.9. The molecule has 2 aliphatic heterocycles. The van der Waals surface area contributed by atoms with Crippen LogP contribution in [0.2, 0.25) is 0 Å². The number of pyridine rings is 2. The lowest BCUT2D eigenvalue weighted by Gasteiger charge is -2.30. The molecule has 0 bridgehead atoms. The first kappa shape index (κ1) is 58.7. The number of halogens is 1. The van der Waals surface area contributed by atoms with E-state index in [0.717, 1.165) is 30.2 Å². The Morgan fingerprint density at radius 1 is 0.630 bits per heavy atom. The van der Waals surface area contributed by atoms with Gasteiger partial charge in [0.15, 0.2) is 11.6 Å². The fraction of sp³-hybridized carbons (Fsp3) is 0.448. The third-order valence-corrected chi connectivity index (χ3v) is 13.8. The Balaban J connectivity index is 0.000000176. The van der Waals surface area contributed by atoms with Crippen LogP contribution in [0.1, 0.15) is 107 Å². The maximum atomic E-state index is 13.5. The molecule has 2 saturated carbocycles. The molecule has 2 aromatic carbocycles. The van der Waals surface area contributed by atoms with Crippen molar-refractivity contribution in [2.24, 2.45) is 11.8 Å². The van der Waals surface area contributed by atoms with Gasteiger partial charge < -0.3 is 23.9 Å². The number of amides is 6. The van der Waals surface area contributed by atoms with Gasteiger partial charge in [0.25, 0.3) is 0 Å². The quantitative estimate of drug-likeness (QED) is 0.113.